The minimum atomic E-state index is -1.38. The number of pyridine rings is 1. The molecule has 3 N–H and O–H groups in total. The number of H-pyrrole nitrogens is 1. The van der Waals surface area contributed by atoms with E-state index in [1.807, 2.05) is 30.3 Å². The summed E-state index contributed by atoms with van der Waals surface area (Å²) in [7, 11) is 0. The average molecular weight is 451 g/mol. The van der Waals surface area contributed by atoms with Crippen LogP contribution in [0.25, 0.3) is 0 Å². The van der Waals surface area contributed by atoms with Gasteiger partial charge in [-0.2, -0.15) is 0 Å². The Morgan fingerprint density at radius 3 is 2.12 bits per heavy atom. The number of nitrogens with zero attached hydrogens (tertiary/aromatic N) is 1. The Hall–Kier alpha value is -4.60. The Bertz CT molecular complexity index is 1160. The number of amides is 2. The van der Waals surface area contributed by atoms with Crippen molar-refractivity contribution in [3.8, 4) is 5.75 Å². The molecule has 2 aromatic carbocycles. The molecule has 2 amide bonds. The number of aromatic amines is 1. The summed E-state index contributed by atoms with van der Waals surface area (Å²) in [5.41, 5.74) is 2.82. The van der Waals surface area contributed by atoms with E-state index < -0.39 is 29.9 Å². The first-order chi connectivity index (χ1) is 15.9. The Morgan fingerprint density at radius 1 is 0.939 bits per heavy atom. The molecule has 1 heterocycles. The number of carboxylic acid groups (broad SMARTS) is 1. The van der Waals surface area contributed by atoms with Crippen molar-refractivity contribution in [3.05, 3.63) is 100.0 Å². The van der Waals surface area contributed by atoms with E-state index in [0.29, 0.717) is 10.6 Å². The molecule has 0 radical (unpaired) electrons. The van der Waals surface area contributed by atoms with Crippen molar-refractivity contribution >= 4 is 18.0 Å². The Labute approximate surface area is 188 Å². The fourth-order valence-corrected chi connectivity index (χ4v) is 2.74. The van der Waals surface area contributed by atoms with E-state index in [1.165, 1.54) is 6.20 Å². The van der Waals surface area contributed by atoms with Crippen LogP contribution in [0, 0.1) is 0 Å². The van der Waals surface area contributed by atoms with Crippen LogP contribution in [0.1, 0.15) is 21.6 Å². The highest BCUT2D eigenvalue weighted by atomic mass is 16.6. The fraction of sp³-hybridized carbons (Fsp3) is 0.130. The van der Waals surface area contributed by atoms with Crippen molar-refractivity contribution in [2.45, 2.75) is 13.2 Å². The maximum Gasteiger partial charge on any atom is 0.426 e. The van der Waals surface area contributed by atoms with E-state index >= 15 is 0 Å². The molecular weight excluding hydrogens is 430 g/mol. The van der Waals surface area contributed by atoms with Gasteiger partial charge in [-0.3, -0.25) is 14.4 Å². The highest BCUT2D eigenvalue weighted by molar-refractivity contribution is 5.95. The van der Waals surface area contributed by atoms with Crippen molar-refractivity contribution in [1.29, 1.82) is 0 Å². The second kappa shape index (κ2) is 11.1. The SMILES string of the molecule is O=C(O)CN(NC(=O)OCc1ccccc1)C(=O)c1cc(=O)c(OCc2ccccc2)c[nH]1. The van der Waals surface area contributed by atoms with Gasteiger partial charge >= 0.3 is 12.1 Å². The van der Waals surface area contributed by atoms with Crippen molar-refractivity contribution in [3.63, 3.8) is 0 Å². The predicted molar refractivity (Wildman–Crippen MR) is 116 cm³/mol. The number of carboxylic acids is 1. The summed E-state index contributed by atoms with van der Waals surface area (Å²) in [4.78, 5) is 50.9. The summed E-state index contributed by atoms with van der Waals surface area (Å²) in [6.07, 6.45) is 0.171. The molecule has 0 saturated heterocycles. The molecule has 0 bridgehead atoms. The van der Waals surface area contributed by atoms with Gasteiger partial charge < -0.3 is 19.6 Å². The summed E-state index contributed by atoms with van der Waals surface area (Å²) in [5.74, 6) is -2.34. The maximum absolute atomic E-state index is 12.7. The lowest BCUT2D eigenvalue weighted by molar-refractivity contribution is -0.138. The number of carbonyl (C=O) groups excluding carboxylic acids is 2. The molecular formula is C23H21N3O7. The van der Waals surface area contributed by atoms with Crippen molar-refractivity contribution in [1.82, 2.24) is 15.4 Å². The number of nitrogens with one attached hydrogen (secondary N) is 2. The molecule has 170 valence electrons. The van der Waals surface area contributed by atoms with E-state index in [0.717, 1.165) is 11.6 Å². The summed E-state index contributed by atoms with van der Waals surface area (Å²) < 4.78 is 10.5. The van der Waals surface area contributed by atoms with E-state index in [2.05, 4.69) is 10.4 Å². The zero-order valence-corrected chi connectivity index (χ0v) is 17.4. The van der Waals surface area contributed by atoms with Crippen LogP contribution in [0.3, 0.4) is 0 Å². The number of rotatable bonds is 8. The van der Waals surface area contributed by atoms with Crippen LogP contribution >= 0.6 is 0 Å². The smallest absolute Gasteiger partial charge is 0.426 e. The maximum atomic E-state index is 12.7. The van der Waals surface area contributed by atoms with Crippen LogP contribution in [-0.4, -0.2) is 39.6 Å². The molecule has 3 rings (SSSR count). The Morgan fingerprint density at radius 2 is 1.55 bits per heavy atom. The molecule has 33 heavy (non-hydrogen) atoms. The number of aliphatic carboxylic acids is 1. The summed E-state index contributed by atoms with van der Waals surface area (Å²) in [6, 6.07) is 18.9. The summed E-state index contributed by atoms with van der Waals surface area (Å²) >= 11 is 0. The standard InChI is InChI=1S/C23H21N3O7/c27-19-11-18(24-12-20(19)32-14-16-7-3-1-4-8-16)22(30)26(13-21(28)29)25-23(31)33-15-17-9-5-2-6-10-17/h1-12H,13-15H2,(H,24,27)(H,25,31)(H,28,29). The van der Waals surface area contributed by atoms with Gasteiger partial charge in [-0.05, 0) is 11.1 Å². The second-order valence-electron chi connectivity index (χ2n) is 6.81. The topological polar surface area (TPSA) is 138 Å². The Balaban J connectivity index is 1.65. The lowest BCUT2D eigenvalue weighted by atomic mass is 10.2. The third-order valence-corrected chi connectivity index (χ3v) is 4.32. The third-order valence-electron chi connectivity index (χ3n) is 4.32. The van der Waals surface area contributed by atoms with Gasteiger partial charge in [-0.1, -0.05) is 60.7 Å². The number of carbonyl (C=O) groups is 3. The molecule has 1 aromatic heterocycles. The van der Waals surface area contributed by atoms with Gasteiger partial charge in [0, 0.05) is 12.3 Å². The van der Waals surface area contributed by atoms with Gasteiger partial charge in [0.25, 0.3) is 5.91 Å². The van der Waals surface area contributed by atoms with Gasteiger partial charge in [0.2, 0.25) is 5.43 Å². The number of hydrazine groups is 1. The van der Waals surface area contributed by atoms with Crippen LogP contribution in [0.4, 0.5) is 4.79 Å². The van der Waals surface area contributed by atoms with E-state index in [9.17, 15) is 19.2 Å². The average Bonchev–Trinajstić information content (AvgIpc) is 2.82. The first-order valence-electron chi connectivity index (χ1n) is 9.83. The molecule has 0 aliphatic rings. The lowest BCUT2D eigenvalue weighted by Gasteiger charge is -2.21. The van der Waals surface area contributed by atoms with Crippen molar-refractivity contribution < 1.29 is 29.0 Å². The van der Waals surface area contributed by atoms with Crippen LogP contribution in [-0.2, 0) is 22.7 Å². The highest BCUT2D eigenvalue weighted by Gasteiger charge is 2.23. The van der Waals surface area contributed by atoms with Crippen LogP contribution in [0.5, 0.6) is 5.75 Å². The van der Waals surface area contributed by atoms with Crippen molar-refractivity contribution in [2.75, 3.05) is 6.54 Å². The predicted octanol–water partition coefficient (Wildman–Crippen LogP) is 2.32. The molecule has 3 aromatic rings. The summed E-state index contributed by atoms with van der Waals surface area (Å²) in [5, 5.41) is 9.63. The van der Waals surface area contributed by atoms with Crippen LogP contribution in [0.2, 0.25) is 0 Å². The first kappa shape index (κ1) is 23.1. The highest BCUT2D eigenvalue weighted by Crippen LogP contribution is 2.08. The van der Waals surface area contributed by atoms with Gasteiger partial charge in [0.15, 0.2) is 5.75 Å². The summed E-state index contributed by atoms with van der Waals surface area (Å²) in [6.45, 7) is -0.781. The molecule has 10 nitrogen and oxygen atoms in total. The molecule has 0 fully saturated rings. The molecule has 10 heteroatoms. The van der Waals surface area contributed by atoms with E-state index in [1.54, 1.807) is 30.3 Å². The number of benzene rings is 2. The molecule has 0 atom stereocenters. The zero-order valence-electron chi connectivity index (χ0n) is 17.4. The minimum absolute atomic E-state index is 0.0181. The molecule has 0 aliphatic carbocycles. The van der Waals surface area contributed by atoms with E-state index in [4.69, 9.17) is 14.6 Å². The van der Waals surface area contributed by atoms with Gasteiger partial charge in [0.1, 0.15) is 25.5 Å². The zero-order chi connectivity index (χ0) is 23.6. The quantitative estimate of drug-likeness (QED) is 0.447. The van der Waals surface area contributed by atoms with Gasteiger partial charge in [-0.25, -0.2) is 15.2 Å². The lowest BCUT2D eigenvalue weighted by Crippen LogP contribution is -2.49. The molecule has 0 saturated carbocycles. The molecule has 0 unspecified atom stereocenters. The van der Waals surface area contributed by atoms with Gasteiger partial charge in [0.05, 0.1) is 0 Å². The second-order valence-corrected chi connectivity index (χ2v) is 6.81. The van der Waals surface area contributed by atoms with Crippen LogP contribution < -0.4 is 15.6 Å². The Kier molecular flexibility index (Phi) is 7.79. The number of aromatic nitrogens is 1. The largest absolute Gasteiger partial charge is 0.483 e. The van der Waals surface area contributed by atoms with E-state index in [-0.39, 0.29) is 24.7 Å². The van der Waals surface area contributed by atoms with Crippen LogP contribution in [0.15, 0.2) is 77.7 Å². The van der Waals surface area contributed by atoms with Gasteiger partial charge in [-0.15, -0.1) is 0 Å². The minimum Gasteiger partial charge on any atom is -0.483 e. The molecule has 0 spiro atoms. The third kappa shape index (κ3) is 6.96. The first-order valence-corrected chi connectivity index (χ1v) is 9.83. The number of ether oxygens (including phenoxy) is 2. The monoisotopic (exact) mass is 451 g/mol. The number of hydrogen-bond donors (Lipinski definition) is 3. The molecule has 0 aliphatic heterocycles. The number of hydrogen-bond acceptors (Lipinski definition) is 6. The van der Waals surface area contributed by atoms with Crippen molar-refractivity contribution in [2.24, 2.45) is 0 Å². The normalized spacial score (nSPS) is 10.2. The fourth-order valence-electron chi connectivity index (χ4n) is 2.74.